The summed E-state index contributed by atoms with van der Waals surface area (Å²) in [4.78, 5) is 37.9. The van der Waals surface area contributed by atoms with Crippen LogP contribution < -0.4 is 0 Å². The Morgan fingerprint density at radius 2 is 0.506 bits per heavy atom. The van der Waals surface area contributed by atoms with E-state index in [-0.39, 0.29) is 37.5 Å². The lowest BCUT2D eigenvalue weighted by molar-refractivity contribution is -0.167. The van der Waals surface area contributed by atoms with Crippen molar-refractivity contribution in [3.63, 3.8) is 0 Å². The van der Waals surface area contributed by atoms with E-state index < -0.39 is 6.10 Å². The molecule has 0 saturated carbocycles. The lowest BCUT2D eigenvalue weighted by Crippen LogP contribution is -2.30. The molecular weight excluding hydrogens is 973 g/mol. The Morgan fingerprint density at radius 3 is 0.835 bits per heavy atom. The molecule has 0 aliphatic carbocycles. The standard InChI is InChI=1S/C73H122O6/c1-4-7-10-13-15-17-19-21-23-25-27-29-31-33-35-36-38-39-41-43-45-47-49-51-53-55-57-60-63-66-72(75)78-69-70(68-77-71(74)65-62-59-12-9-6-3)79-73(76)67-64-61-58-56-54-52-50-48-46-44-42-40-37-34-32-30-28-26-24-22-20-18-16-14-11-8-5-2/h7,10,15,17,21,23,26-29,33,35,38-39,43,45,49,51,55,57,70H,4-6,8-9,11-14,16,18-20,22,24-25,30-32,34,36-37,40-42,44,46-48,50,52-54,56,58-69H2,1-3H3/b10-7-,17-15-,23-21-,28-26-,29-27-,35-33-,39-38-,45-43-,51-49-,57-55-. The number of carbonyl (C=O) groups excluding carboxylic acids is 3. The largest absolute Gasteiger partial charge is 0.462 e. The average Bonchev–Trinajstić information content (AvgIpc) is 3.45. The molecular formula is C73H122O6. The molecule has 0 heterocycles. The molecule has 6 nitrogen and oxygen atoms in total. The summed E-state index contributed by atoms with van der Waals surface area (Å²) in [5.41, 5.74) is 0. The van der Waals surface area contributed by atoms with Gasteiger partial charge in [-0.25, -0.2) is 0 Å². The Morgan fingerprint density at radius 1 is 0.266 bits per heavy atom. The lowest BCUT2D eigenvalue weighted by atomic mass is 10.0. The third-order valence-electron chi connectivity index (χ3n) is 14.0. The molecule has 0 amide bonds. The smallest absolute Gasteiger partial charge is 0.306 e. The highest BCUT2D eigenvalue weighted by Crippen LogP contribution is 2.16. The SMILES string of the molecule is CC/C=C\C/C=C\C/C=C\C/C=C\C/C=C\C/C=C\C/C=C\C/C=C\C/C=C\CCCC(=O)OCC(COC(=O)CCCCCCC)OC(=O)CCCCCCCCCCCCCCCCC/C=C\CCCCCCCCCC. The molecule has 6 heteroatoms. The van der Waals surface area contributed by atoms with Gasteiger partial charge in [0.2, 0.25) is 0 Å². The van der Waals surface area contributed by atoms with E-state index in [0.29, 0.717) is 19.3 Å². The summed E-state index contributed by atoms with van der Waals surface area (Å²) in [6.45, 7) is 6.41. The van der Waals surface area contributed by atoms with Crippen molar-refractivity contribution in [1.82, 2.24) is 0 Å². The minimum absolute atomic E-state index is 0.0973. The van der Waals surface area contributed by atoms with Crippen LogP contribution in [0.15, 0.2) is 122 Å². The van der Waals surface area contributed by atoms with Crippen LogP contribution in [0.2, 0.25) is 0 Å². The Bertz CT molecular complexity index is 1640. The van der Waals surface area contributed by atoms with Crippen LogP contribution in [0, 0.1) is 0 Å². The van der Waals surface area contributed by atoms with Gasteiger partial charge < -0.3 is 14.2 Å². The zero-order valence-electron chi connectivity index (χ0n) is 51.6. The Balaban J connectivity index is 4.14. The van der Waals surface area contributed by atoms with Gasteiger partial charge in [-0.1, -0.05) is 296 Å². The van der Waals surface area contributed by atoms with Crippen LogP contribution in [0.5, 0.6) is 0 Å². The van der Waals surface area contributed by atoms with E-state index in [9.17, 15) is 14.4 Å². The molecule has 0 aromatic rings. The van der Waals surface area contributed by atoms with Gasteiger partial charge >= 0.3 is 17.9 Å². The van der Waals surface area contributed by atoms with Crippen molar-refractivity contribution in [3.8, 4) is 0 Å². The van der Waals surface area contributed by atoms with Crippen molar-refractivity contribution in [3.05, 3.63) is 122 Å². The number of unbranched alkanes of at least 4 members (excludes halogenated alkanes) is 28. The average molecular weight is 1100 g/mol. The molecule has 0 N–H and O–H groups in total. The van der Waals surface area contributed by atoms with Crippen molar-refractivity contribution < 1.29 is 28.6 Å². The van der Waals surface area contributed by atoms with E-state index in [2.05, 4.69) is 142 Å². The highest BCUT2D eigenvalue weighted by Gasteiger charge is 2.19. The summed E-state index contributed by atoms with van der Waals surface area (Å²) in [6, 6.07) is 0. The van der Waals surface area contributed by atoms with Gasteiger partial charge in [0.25, 0.3) is 0 Å². The first kappa shape index (κ1) is 74.8. The maximum atomic E-state index is 12.8. The Kier molecular flexibility index (Phi) is 62.8. The maximum absolute atomic E-state index is 12.8. The van der Waals surface area contributed by atoms with Gasteiger partial charge in [0.15, 0.2) is 6.10 Å². The van der Waals surface area contributed by atoms with Crippen molar-refractivity contribution >= 4 is 17.9 Å². The van der Waals surface area contributed by atoms with Crippen molar-refractivity contribution in [2.24, 2.45) is 0 Å². The highest BCUT2D eigenvalue weighted by atomic mass is 16.6. The summed E-state index contributed by atoms with van der Waals surface area (Å²) in [5.74, 6) is -0.969. The zero-order chi connectivity index (χ0) is 57.1. The highest BCUT2D eigenvalue weighted by molar-refractivity contribution is 5.71. The van der Waals surface area contributed by atoms with E-state index in [0.717, 1.165) is 116 Å². The van der Waals surface area contributed by atoms with Gasteiger partial charge in [-0.3, -0.25) is 14.4 Å². The van der Waals surface area contributed by atoms with Gasteiger partial charge in [-0.2, -0.15) is 0 Å². The predicted octanol–water partition coefficient (Wildman–Crippen LogP) is 22.8. The molecule has 0 spiro atoms. The van der Waals surface area contributed by atoms with E-state index >= 15 is 0 Å². The topological polar surface area (TPSA) is 78.9 Å². The second kappa shape index (κ2) is 66.3. The van der Waals surface area contributed by atoms with Gasteiger partial charge in [0.05, 0.1) is 0 Å². The van der Waals surface area contributed by atoms with Gasteiger partial charge in [-0.15, -0.1) is 0 Å². The van der Waals surface area contributed by atoms with Crippen LogP contribution in [0.4, 0.5) is 0 Å². The van der Waals surface area contributed by atoms with Crippen LogP contribution in [0.1, 0.15) is 303 Å². The summed E-state index contributed by atoms with van der Waals surface area (Å²) in [5, 5.41) is 0. The fourth-order valence-electron chi connectivity index (χ4n) is 9.03. The Labute approximate surface area is 488 Å². The number of hydrogen-bond donors (Lipinski definition) is 0. The van der Waals surface area contributed by atoms with Gasteiger partial charge in [0.1, 0.15) is 13.2 Å². The molecule has 0 rings (SSSR count). The molecule has 0 bridgehead atoms. The van der Waals surface area contributed by atoms with Crippen LogP contribution in [0.25, 0.3) is 0 Å². The van der Waals surface area contributed by atoms with Crippen LogP contribution in [-0.2, 0) is 28.6 Å². The fraction of sp³-hybridized carbons (Fsp3) is 0.685. The molecule has 0 aliphatic rings. The molecule has 1 atom stereocenters. The second-order valence-corrected chi connectivity index (χ2v) is 21.6. The van der Waals surface area contributed by atoms with E-state index in [4.69, 9.17) is 14.2 Å². The maximum Gasteiger partial charge on any atom is 0.306 e. The minimum Gasteiger partial charge on any atom is -0.462 e. The number of carbonyl (C=O) groups is 3. The van der Waals surface area contributed by atoms with E-state index in [1.54, 1.807) is 0 Å². The Hall–Kier alpha value is -4.19. The summed E-state index contributed by atoms with van der Waals surface area (Å²) < 4.78 is 16.7. The van der Waals surface area contributed by atoms with Crippen LogP contribution in [-0.4, -0.2) is 37.2 Å². The van der Waals surface area contributed by atoms with E-state index in [1.165, 1.54) is 141 Å². The first-order chi connectivity index (χ1) is 39.0. The monoisotopic (exact) mass is 1090 g/mol. The van der Waals surface area contributed by atoms with Crippen LogP contribution >= 0.6 is 0 Å². The van der Waals surface area contributed by atoms with Crippen molar-refractivity contribution in [2.75, 3.05) is 13.2 Å². The third-order valence-corrected chi connectivity index (χ3v) is 14.0. The molecule has 0 fully saturated rings. The molecule has 0 aromatic carbocycles. The van der Waals surface area contributed by atoms with Crippen molar-refractivity contribution in [1.29, 1.82) is 0 Å². The zero-order valence-corrected chi connectivity index (χ0v) is 51.6. The van der Waals surface area contributed by atoms with Gasteiger partial charge in [-0.05, 0) is 109 Å². The number of rotatable bonds is 59. The van der Waals surface area contributed by atoms with Gasteiger partial charge in [0, 0.05) is 19.3 Å². The minimum atomic E-state index is -0.801. The number of allylic oxidation sites excluding steroid dienone is 20. The van der Waals surface area contributed by atoms with Crippen LogP contribution in [0.3, 0.4) is 0 Å². The molecule has 1 unspecified atom stereocenters. The molecule has 0 aliphatic heterocycles. The second-order valence-electron chi connectivity index (χ2n) is 21.6. The molecule has 0 saturated heterocycles. The summed E-state index contributed by atoms with van der Waals surface area (Å²) >= 11 is 0. The lowest BCUT2D eigenvalue weighted by Gasteiger charge is -2.18. The molecule has 79 heavy (non-hydrogen) atoms. The molecule has 0 radical (unpaired) electrons. The predicted molar refractivity (Wildman–Crippen MR) is 343 cm³/mol. The quantitative estimate of drug-likeness (QED) is 0.0261. The molecule has 0 aromatic heterocycles. The summed E-state index contributed by atoms with van der Waals surface area (Å²) in [6.07, 6.45) is 92.7. The molecule has 450 valence electrons. The number of ether oxygens (including phenoxy) is 3. The number of esters is 3. The normalized spacial score (nSPS) is 12.9. The first-order valence-electron chi connectivity index (χ1n) is 33.0. The van der Waals surface area contributed by atoms with E-state index in [1.807, 2.05) is 0 Å². The van der Waals surface area contributed by atoms with Crippen molar-refractivity contribution in [2.45, 2.75) is 309 Å². The first-order valence-corrected chi connectivity index (χ1v) is 33.0. The number of hydrogen-bond acceptors (Lipinski definition) is 6. The third kappa shape index (κ3) is 64.5. The summed E-state index contributed by atoms with van der Waals surface area (Å²) in [7, 11) is 0. The fourth-order valence-corrected chi connectivity index (χ4v) is 9.03.